The number of amides is 3. The zero-order valence-electron chi connectivity index (χ0n) is 22.0. The largest absolute Gasteiger partial charge is 0.471 e. The fourth-order valence-electron chi connectivity index (χ4n) is 4.62. The van der Waals surface area contributed by atoms with Crippen molar-refractivity contribution in [3.05, 3.63) is 69.3 Å². The lowest BCUT2D eigenvalue weighted by atomic mass is 10.0. The average Bonchev–Trinajstić information content (AvgIpc) is 3.38. The van der Waals surface area contributed by atoms with E-state index < -0.39 is 30.2 Å². The summed E-state index contributed by atoms with van der Waals surface area (Å²) in [5.74, 6) is -2.63. The van der Waals surface area contributed by atoms with Crippen molar-refractivity contribution in [2.45, 2.75) is 56.9 Å². The Hall–Kier alpha value is -2.67. The first-order valence-corrected chi connectivity index (χ1v) is 14.0. The maximum Gasteiger partial charge on any atom is 0.471 e. The average molecular weight is 659 g/mol. The molecule has 1 aliphatic rings. The van der Waals surface area contributed by atoms with Crippen molar-refractivity contribution >= 4 is 40.3 Å². The Balaban J connectivity index is 1.79. The van der Waals surface area contributed by atoms with Gasteiger partial charge in [-0.05, 0) is 79.1 Å². The molecule has 0 bridgehead atoms. The second-order valence-electron chi connectivity index (χ2n) is 9.71. The van der Waals surface area contributed by atoms with Crippen LogP contribution in [0.4, 0.5) is 13.2 Å². The quantitative estimate of drug-likeness (QED) is 0.363. The highest BCUT2D eigenvalue weighted by Crippen LogP contribution is 2.24. The van der Waals surface area contributed by atoms with Gasteiger partial charge < -0.3 is 20.4 Å². The van der Waals surface area contributed by atoms with Gasteiger partial charge in [-0.15, -0.1) is 0 Å². The standard InChI is InChI=1S/C28H34F3IN4O3/c1-19(33-2)25(37)34-24(17-21-10-12-22(32)13-11-21)26(38)36-15-6-9-23(36)18-35(27(39)28(29,30)31)16-14-20-7-4-3-5-8-20/h3-5,7-8,10-13,19,23-24,33H,6,9,14-18H2,1-2H3,(H,34,37)/t19-,23-,24?/m0/s1. The zero-order chi connectivity index (χ0) is 28.6. The smallest absolute Gasteiger partial charge is 0.343 e. The van der Waals surface area contributed by atoms with Crippen LogP contribution in [-0.4, -0.2) is 78.5 Å². The van der Waals surface area contributed by atoms with Gasteiger partial charge in [-0.25, -0.2) is 0 Å². The van der Waals surface area contributed by atoms with E-state index in [0.29, 0.717) is 19.4 Å². The van der Waals surface area contributed by atoms with Crippen LogP contribution < -0.4 is 10.6 Å². The molecule has 39 heavy (non-hydrogen) atoms. The van der Waals surface area contributed by atoms with Crippen LogP contribution in [0.5, 0.6) is 0 Å². The van der Waals surface area contributed by atoms with E-state index in [1.165, 1.54) is 4.90 Å². The number of nitrogens with one attached hydrogen (secondary N) is 2. The maximum absolute atomic E-state index is 13.8. The SMILES string of the molecule is CN[C@@H](C)C(=O)NC(Cc1ccc(I)cc1)C(=O)N1CCC[C@H]1CN(CCc1ccccc1)C(=O)C(F)(F)F. The fraction of sp³-hybridized carbons (Fsp3) is 0.464. The van der Waals surface area contributed by atoms with Gasteiger partial charge in [-0.1, -0.05) is 42.5 Å². The van der Waals surface area contributed by atoms with Crippen LogP contribution in [-0.2, 0) is 27.2 Å². The lowest BCUT2D eigenvalue weighted by Crippen LogP contribution is -2.56. The summed E-state index contributed by atoms with van der Waals surface area (Å²) in [6.07, 6.45) is -3.46. The topological polar surface area (TPSA) is 81.8 Å². The molecule has 212 valence electrons. The number of rotatable bonds is 11. The van der Waals surface area contributed by atoms with E-state index in [0.717, 1.165) is 19.6 Å². The third-order valence-corrected chi connectivity index (χ3v) is 7.65. The Morgan fingerprint density at radius 2 is 1.74 bits per heavy atom. The summed E-state index contributed by atoms with van der Waals surface area (Å²) in [6, 6.07) is 14.5. The Morgan fingerprint density at radius 3 is 2.36 bits per heavy atom. The molecule has 1 saturated heterocycles. The summed E-state index contributed by atoms with van der Waals surface area (Å²) in [5.41, 5.74) is 1.66. The number of likely N-dealkylation sites (tertiary alicyclic amines) is 1. The van der Waals surface area contributed by atoms with E-state index in [9.17, 15) is 27.6 Å². The van der Waals surface area contributed by atoms with E-state index in [2.05, 4.69) is 33.2 Å². The second kappa shape index (κ2) is 14.1. The molecule has 2 aromatic carbocycles. The van der Waals surface area contributed by atoms with Crippen LogP contribution in [0.2, 0.25) is 0 Å². The molecule has 0 saturated carbocycles. The van der Waals surface area contributed by atoms with Crippen molar-refractivity contribution < 1.29 is 27.6 Å². The number of halogens is 4. The molecule has 2 aromatic rings. The number of nitrogens with zero attached hydrogens (tertiary/aromatic N) is 2. The molecule has 0 radical (unpaired) electrons. The second-order valence-corrected chi connectivity index (χ2v) is 11.0. The van der Waals surface area contributed by atoms with E-state index in [1.807, 2.05) is 30.3 Å². The first kappa shape index (κ1) is 30.9. The molecular weight excluding hydrogens is 624 g/mol. The molecule has 1 heterocycles. The van der Waals surface area contributed by atoms with E-state index >= 15 is 0 Å². The Labute approximate surface area is 240 Å². The van der Waals surface area contributed by atoms with Crippen LogP contribution in [0.25, 0.3) is 0 Å². The lowest BCUT2D eigenvalue weighted by Gasteiger charge is -2.33. The minimum absolute atomic E-state index is 0.122. The predicted molar refractivity (Wildman–Crippen MR) is 151 cm³/mol. The summed E-state index contributed by atoms with van der Waals surface area (Å²) in [5, 5.41) is 5.67. The fourth-order valence-corrected chi connectivity index (χ4v) is 4.98. The van der Waals surface area contributed by atoms with Crippen LogP contribution in [0, 0.1) is 3.57 Å². The first-order chi connectivity index (χ1) is 18.5. The van der Waals surface area contributed by atoms with Gasteiger partial charge in [0, 0.05) is 35.7 Å². The molecule has 1 aliphatic heterocycles. The lowest BCUT2D eigenvalue weighted by molar-refractivity contribution is -0.186. The molecule has 0 aliphatic carbocycles. The minimum atomic E-state index is -5.02. The third-order valence-electron chi connectivity index (χ3n) is 6.93. The van der Waals surface area contributed by atoms with Crippen LogP contribution in [0.15, 0.2) is 54.6 Å². The van der Waals surface area contributed by atoms with Crippen molar-refractivity contribution in [1.82, 2.24) is 20.4 Å². The normalized spacial score (nSPS) is 17.0. The monoisotopic (exact) mass is 658 g/mol. The number of carbonyl (C=O) groups is 3. The number of carbonyl (C=O) groups excluding carboxylic acids is 3. The number of benzene rings is 2. The van der Waals surface area contributed by atoms with E-state index in [1.54, 1.807) is 38.2 Å². The van der Waals surface area contributed by atoms with Crippen LogP contribution in [0.3, 0.4) is 0 Å². The molecule has 11 heteroatoms. The molecule has 3 rings (SSSR count). The molecule has 2 N–H and O–H groups in total. The van der Waals surface area contributed by atoms with Crippen molar-refractivity contribution in [2.75, 3.05) is 26.7 Å². The zero-order valence-corrected chi connectivity index (χ0v) is 24.2. The summed E-state index contributed by atoms with van der Waals surface area (Å²) in [7, 11) is 1.64. The van der Waals surface area contributed by atoms with Crippen molar-refractivity contribution in [3.63, 3.8) is 0 Å². The van der Waals surface area contributed by atoms with Gasteiger partial charge in [0.1, 0.15) is 6.04 Å². The van der Waals surface area contributed by atoms with Crippen LogP contribution >= 0.6 is 22.6 Å². The molecule has 1 unspecified atom stereocenters. The first-order valence-electron chi connectivity index (χ1n) is 12.9. The summed E-state index contributed by atoms with van der Waals surface area (Å²) in [4.78, 5) is 41.1. The molecule has 7 nitrogen and oxygen atoms in total. The Kier molecular flexibility index (Phi) is 11.2. The van der Waals surface area contributed by atoms with Gasteiger partial charge in [0.05, 0.1) is 6.04 Å². The van der Waals surface area contributed by atoms with Gasteiger partial charge in [-0.2, -0.15) is 13.2 Å². The van der Waals surface area contributed by atoms with Crippen molar-refractivity contribution in [1.29, 1.82) is 0 Å². The molecule has 3 amide bonds. The highest BCUT2D eigenvalue weighted by atomic mass is 127. The molecule has 0 aromatic heterocycles. The predicted octanol–water partition coefficient (Wildman–Crippen LogP) is 3.55. The van der Waals surface area contributed by atoms with Crippen molar-refractivity contribution in [2.24, 2.45) is 0 Å². The number of likely N-dealkylation sites (N-methyl/N-ethyl adjacent to an activating group) is 1. The molecular formula is C28H34F3IN4O3. The summed E-state index contributed by atoms with van der Waals surface area (Å²) < 4.78 is 41.5. The Bertz CT molecular complexity index is 1120. The van der Waals surface area contributed by atoms with E-state index in [4.69, 9.17) is 0 Å². The molecule has 1 fully saturated rings. The summed E-state index contributed by atoms with van der Waals surface area (Å²) in [6.45, 7) is 1.67. The van der Waals surface area contributed by atoms with Gasteiger partial charge in [0.2, 0.25) is 11.8 Å². The molecule has 3 atom stereocenters. The van der Waals surface area contributed by atoms with Crippen LogP contribution in [0.1, 0.15) is 30.9 Å². The third kappa shape index (κ3) is 8.92. The van der Waals surface area contributed by atoms with E-state index in [-0.39, 0.29) is 37.7 Å². The maximum atomic E-state index is 13.8. The number of alkyl halides is 3. The van der Waals surface area contributed by atoms with Gasteiger partial charge in [-0.3, -0.25) is 14.4 Å². The van der Waals surface area contributed by atoms with Gasteiger partial charge in [0.25, 0.3) is 0 Å². The Morgan fingerprint density at radius 1 is 1.08 bits per heavy atom. The highest BCUT2D eigenvalue weighted by Gasteiger charge is 2.44. The van der Waals surface area contributed by atoms with Gasteiger partial charge >= 0.3 is 12.1 Å². The highest BCUT2D eigenvalue weighted by molar-refractivity contribution is 14.1. The molecule has 0 spiro atoms. The number of hydrogen-bond acceptors (Lipinski definition) is 4. The van der Waals surface area contributed by atoms with Gasteiger partial charge in [0.15, 0.2) is 0 Å². The number of hydrogen-bond donors (Lipinski definition) is 2. The minimum Gasteiger partial charge on any atom is -0.343 e. The van der Waals surface area contributed by atoms with Crippen molar-refractivity contribution in [3.8, 4) is 0 Å². The summed E-state index contributed by atoms with van der Waals surface area (Å²) >= 11 is 2.18.